The summed E-state index contributed by atoms with van der Waals surface area (Å²) in [7, 11) is 0. The first kappa shape index (κ1) is 21.5. The van der Waals surface area contributed by atoms with E-state index in [1.165, 1.54) is 0 Å². The van der Waals surface area contributed by atoms with Crippen molar-refractivity contribution in [2.24, 2.45) is 0 Å². The SMILES string of the molecule is O=C(O)COc1ccc(SC/C=C(/c2ccccc2)c2cccc(Br)c2)cc1Cl. The molecule has 0 aliphatic heterocycles. The number of thioether (sulfide) groups is 1. The van der Waals surface area contributed by atoms with Crippen molar-refractivity contribution in [1.29, 1.82) is 0 Å². The summed E-state index contributed by atoms with van der Waals surface area (Å²) in [6.45, 7) is -0.415. The zero-order valence-corrected chi connectivity index (χ0v) is 18.5. The maximum absolute atomic E-state index is 10.6. The Balaban J connectivity index is 1.76. The monoisotopic (exact) mass is 488 g/mol. The fraction of sp³-hybridized carbons (Fsp3) is 0.0870. The Hall–Kier alpha value is -2.21. The lowest BCUT2D eigenvalue weighted by atomic mass is 9.98. The Morgan fingerprint density at radius 1 is 1.03 bits per heavy atom. The van der Waals surface area contributed by atoms with Crippen molar-refractivity contribution in [2.75, 3.05) is 12.4 Å². The van der Waals surface area contributed by atoms with Gasteiger partial charge < -0.3 is 9.84 Å². The molecule has 3 aromatic carbocycles. The average molecular weight is 490 g/mol. The van der Waals surface area contributed by atoms with Gasteiger partial charge in [-0.05, 0) is 47.0 Å². The molecule has 0 aliphatic rings. The summed E-state index contributed by atoms with van der Waals surface area (Å²) in [6.07, 6.45) is 2.20. The maximum atomic E-state index is 10.6. The Labute approximate surface area is 187 Å². The maximum Gasteiger partial charge on any atom is 0.341 e. The lowest BCUT2D eigenvalue weighted by molar-refractivity contribution is -0.139. The third-order valence-electron chi connectivity index (χ3n) is 4.01. The van der Waals surface area contributed by atoms with Crippen LogP contribution in [0.4, 0.5) is 0 Å². The lowest BCUT2D eigenvalue weighted by Gasteiger charge is -2.10. The molecule has 6 heteroatoms. The molecule has 0 aromatic heterocycles. The fourth-order valence-corrected chi connectivity index (χ4v) is 4.23. The number of ether oxygens (including phenoxy) is 1. The topological polar surface area (TPSA) is 46.5 Å². The van der Waals surface area contributed by atoms with E-state index in [4.69, 9.17) is 21.4 Å². The van der Waals surface area contributed by atoms with Gasteiger partial charge >= 0.3 is 5.97 Å². The Morgan fingerprint density at radius 3 is 2.48 bits per heavy atom. The minimum atomic E-state index is -1.04. The lowest BCUT2D eigenvalue weighted by Crippen LogP contribution is -2.09. The molecule has 0 saturated heterocycles. The number of aliphatic carboxylic acids is 1. The van der Waals surface area contributed by atoms with E-state index >= 15 is 0 Å². The van der Waals surface area contributed by atoms with Crippen molar-refractivity contribution in [3.05, 3.63) is 99.5 Å². The number of benzene rings is 3. The molecule has 0 aliphatic carbocycles. The molecule has 0 amide bonds. The normalized spacial score (nSPS) is 11.3. The molecule has 0 fully saturated rings. The van der Waals surface area contributed by atoms with Crippen LogP contribution in [0.2, 0.25) is 5.02 Å². The van der Waals surface area contributed by atoms with Crippen molar-refractivity contribution in [2.45, 2.75) is 4.90 Å². The van der Waals surface area contributed by atoms with Crippen LogP contribution in [-0.2, 0) is 4.79 Å². The van der Waals surface area contributed by atoms with E-state index in [0.29, 0.717) is 10.8 Å². The molecular weight excluding hydrogens is 472 g/mol. The third-order valence-corrected chi connectivity index (χ3v) is 5.72. The first-order chi connectivity index (χ1) is 14.0. The third kappa shape index (κ3) is 6.39. The number of carboxylic acid groups (broad SMARTS) is 1. The van der Waals surface area contributed by atoms with Crippen LogP contribution in [0.3, 0.4) is 0 Å². The summed E-state index contributed by atoms with van der Waals surface area (Å²) in [6, 6.07) is 23.9. The summed E-state index contributed by atoms with van der Waals surface area (Å²) < 4.78 is 6.20. The number of hydrogen-bond acceptors (Lipinski definition) is 3. The number of carboxylic acids is 1. The molecule has 3 nitrogen and oxygen atoms in total. The number of halogens is 2. The van der Waals surface area contributed by atoms with Gasteiger partial charge in [0.25, 0.3) is 0 Å². The second-order valence-corrected chi connectivity index (χ2v) is 8.50. The summed E-state index contributed by atoms with van der Waals surface area (Å²) in [5.41, 5.74) is 3.45. The molecule has 0 unspecified atom stereocenters. The van der Waals surface area contributed by atoms with Gasteiger partial charge in [0.05, 0.1) is 5.02 Å². The molecule has 0 bridgehead atoms. The number of hydrogen-bond donors (Lipinski definition) is 1. The first-order valence-corrected chi connectivity index (χ1v) is 11.0. The molecule has 3 rings (SSSR count). The van der Waals surface area contributed by atoms with Gasteiger partial charge in [-0.1, -0.05) is 76.1 Å². The smallest absolute Gasteiger partial charge is 0.341 e. The summed E-state index contributed by atoms with van der Waals surface area (Å²) >= 11 is 11.4. The van der Waals surface area contributed by atoms with Crippen LogP contribution in [-0.4, -0.2) is 23.4 Å². The van der Waals surface area contributed by atoms with E-state index in [1.807, 2.05) is 36.4 Å². The molecule has 148 valence electrons. The highest BCUT2D eigenvalue weighted by Crippen LogP contribution is 2.31. The van der Waals surface area contributed by atoms with Crippen molar-refractivity contribution >= 4 is 50.8 Å². The second-order valence-electron chi connectivity index (χ2n) is 6.08. The molecule has 1 N–H and O–H groups in total. The van der Waals surface area contributed by atoms with Crippen LogP contribution < -0.4 is 4.74 Å². The van der Waals surface area contributed by atoms with Gasteiger partial charge in [-0.15, -0.1) is 11.8 Å². The van der Waals surface area contributed by atoms with E-state index < -0.39 is 12.6 Å². The predicted molar refractivity (Wildman–Crippen MR) is 123 cm³/mol. The highest BCUT2D eigenvalue weighted by atomic mass is 79.9. The van der Waals surface area contributed by atoms with E-state index in [1.54, 1.807) is 23.9 Å². The molecule has 0 saturated carbocycles. The summed E-state index contributed by atoms with van der Waals surface area (Å²) in [4.78, 5) is 11.6. The van der Waals surface area contributed by atoms with Crippen LogP contribution in [0.1, 0.15) is 11.1 Å². The van der Waals surface area contributed by atoms with Gasteiger partial charge in [0.1, 0.15) is 5.75 Å². The molecular formula is C23H18BrClO3S. The van der Waals surface area contributed by atoms with E-state index in [2.05, 4.69) is 46.3 Å². The molecule has 0 spiro atoms. The largest absolute Gasteiger partial charge is 0.480 e. The van der Waals surface area contributed by atoms with Crippen LogP contribution in [0.5, 0.6) is 5.75 Å². The van der Waals surface area contributed by atoms with Gasteiger partial charge in [-0.3, -0.25) is 0 Å². The number of rotatable bonds is 8. The standard InChI is InChI=1S/C23H18BrClO3S/c24-18-8-4-7-17(13-18)20(16-5-2-1-3-6-16)11-12-29-19-9-10-22(21(25)14-19)28-15-23(26)27/h1-11,13-14H,12,15H2,(H,26,27)/b20-11-. The van der Waals surface area contributed by atoms with Crippen LogP contribution >= 0.6 is 39.3 Å². The molecule has 29 heavy (non-hydrogen) atoms. The fourth-order valence-electron chi connectivity index (χ4n) is 2.73. The van der Waals surface area contributed by atoms with Crippen molar-refractivity contribution < 1.29 is 14.6 Å². The van der Waals surface area contributed by atoms with Crippen molar-refractivity contribution in [1.82, 2.24) is 0 Å². The highest BCUT2D eigenvalue weighted by Gasteiger charge is 2.08. The summed E-state index contributed by atoms with van der Waals surface area (Å²) in [5.74, 6) is 0.0845. The van der Waals surface area contributed by atoms with Gasteiger partial charge in [-0.25, -0.2) is 4.79 Å². The Kier molecular flexibility index (Phi) is 7.81. The van der Waals surface area contributed by atoms with E-state index in [0.717, 1.165) is 31.8 Å². The number of carbonyl (C=O) groups is 1. The Morgan fingerprint density at radius 2 is 1.79 bits per heavy atom. The highest BCUT2D eigenvalue weighted by molar-refractivity contribution is 9.10. The molecule has 0 heterocycles. The zero-order valence-electron chi connectivity index (χ0n) is 15.3. The van der Waals surface area contributed by atoms with E-state index in [-0.39, 0.29) is 0 Å². The van der Waals surface area contributed by atoms with Gasteiger partial charge in [0.2, 0.25) is 0 Å². The molecule has 0 atom stereocenters. The van der Waals surface area contributed by atoms with Crippen LogP contribution in [0.15, 0.2) is 88.2 Å². The average Bonchev–Trinajstić information content (AvgIpc) is 2.71. The van der Waals surface area contributed by atoms with Gasteiger partial charge in [0.15, 0.2) is 6.61 Å². The predicted octanol–water partition coefficient (Wildman–Crippen LogP) is 6.79. The summed E-state index contributed by atoms with van der Waals surface area (Å²) in [5, 5.41) is 9.11. The van der Waals surface area contributed by atoms with Crippen LogP contribution in [0, 0.1) is 0 Å². The molecule has 3 aromatic rings. The van der Waals surface area contributed by atoms with E-state index in [9.17, 15) is 4.79 Å². The van der Waals surface area contributed by atoms with Gasteiger partial charge in [0, 0.05) is 15.1 Å². The minimum Gasteiger partial charge on any atom is -0.480 e. The second kappa shape index (κ2) is 10.5. The van der Waals surface area contributed by atoms with Crippen molar-refractivity contribution in [3.8, 4) is 5.75 Å². The quantitative estimate of drug-likeness (QED) is 0.354. The first-order valence-electron chi connectivity index (χ1n) is 8.81. The van der Waals surface area contributed by atoms with Crippen molar-refractivity contribution in [3.63, 3.8) is 0 Å². The Bertz CT molecular complexity index is 1020. The zero-order chi connectivity index (χ0) is 20.6. The van der Waals surface area contributed by atoms with Crippen LogP contribution in [0.25, 0.3) is 5.57 Å². The minimum absolute atomic E-state index is 0.369. The molecule has 0 radical (unpaired) electrons. The van der Waals surface area contributed by atoms with Gasteiger partial charge in [-0.2, -0.15) is 0 Å².